The van der Waals surface area contributed by atoms with E-state index in [0.29, 0.717) is 0 Å². The molecule has 0 aliphatic rings. The van der Waals surface area contributed by atoms with E-state index < -0.39 is 0 Å². The normalized spacial score (nSPS) is 13.4. The van der Waals surface area contributed by atoms with Crippen molar-refractivity contribution in [2.24, 2.45) is 0 Å². The molecule has 1 atom stereocenters. The summed E-state index contributed by atoms with van der Waals surface area (Å²) in [4.78, 5) is 0. The minimum atomic E-state index is 0.180. The maximum Gasteiger partial charge on any atom is 0.122 e. The molecule has 1 aromatic carbocycles. The Morgan fingerprint density at radius 2 is 1.89 bits per heavy atom. The van der Waals surface area contributed by atoms with Crippen LogP contribution in [0.3, 0.4) is 0 Å². The Hall–Kier alpha value is -1.02. The van der Waals surface area contributed by atoms with E-state index in [1.54, 1.807) is 0 Å². The molecule has 0 heterocycles. The number of benzene rings is 1. The van der Waals surface area contributed by atoms with Crippen molar-refractivity contribution in [3.8, 4) is 5.75 Å². The summed E-state index contributed by atoms with van der Waals surface area (Å²) < 4.78 is 6.00. The van der Waals surface area contributed by atoms with Crippen LogP contribution in [0.15, 0.2) is 18.2 Å². The molecular weight excluding hydrogens is 222 g/mol. The zero-order valence-electron chi connectivity index (χ0n) is 12.6. The Balaban J connectivity index is 2.45. The molecule has 1 rings (SSSR count). The van der Waals surface area contributed by atoms with Gasteiger partial charge in [0, 0.05) is 5.54 Å². The van der Waals surface area contributed by atoms with Crippen LogP contribution in [0.25, 0.3) is 0 Å². The molecule has 0 aliphatic carbocycles. The van der Waals surface area contributed by atoms with Crippen LogP contribution in [0.1, 0.15) is 45.2 Å². The summed E-state index contributed by atoms with van der Waals surface area (Å²) in [6.07, 6.45) is 1.25. The number of rotatable bonds is 5. The highest BCUT2D eigenvalue weighted by molar-refractivity contribution is 5.38. The molecule has 1 N–H and O–H groups in total. The number of nitrogens with one attached hydrogen (secondary N) is 1. The molecule has 0 fully saturated rings. The summed E-state index contributed by atoms with van der Waals surface area (Å²) >= 11 is 0. The van der Waals surface area contributed by atoms with Crippen molar-refractivity contribution in [3.05, 3.63) is 29.3 Å². The summed E-state index contributed by atoms with van der Waals surface area (Å²) in [5, 5.41) is 3.48. The van der Waals surface area contributed by atoms with Crippen LogP contribution < -0.4 is 10.1 Å². The average molecular weight is 249 g/mol. The lowest BCUT2D eigenvalue weighted by Crippen LogP contribution is -2.37. The lowest BCUT2D eigenvalue weighted by molar-refractivity contribution is 0.204. The summed E-state index contributed by atoms with van der Waals surface area (Å²) in [5.74, 6) is 1.01. The third-order valence-electron chi connectivity index (χ3n) is 3.09. The van der Waals surface area contributed by atoms with Crippen molar-refractivity contribution < 1.29 is 4.74 Å². The molecule has 0 aromatic heterocycles. The van der Waals surface area contributed by atoms with Gasteiger partial charge >= 0.3 is 0 Å². The third kappa shape index (κ3) is 5.09. The second kappa shape index (κ2) is 6.24. The Bertz CT molecular complexity index is 379. The van der Waals surface area contributed by atoms with Crippen molar-refractivity contribution >= 4 is 0 Å². The standard InChI is InChI=1S/C16H27NO/c1-12-8-7-9-15(14(12)3)18-13(2)10-11-17-16(4,5)6/h7-9,13,17H,10-11H2,1-6H3. The molecule has 0 aliphatic heterocycles. The van der Waals surface area contributed by atoms with Crippen LogP contribution in [0.2, 0.25) is 0 Å². The van der Waals surface area contributed by atoms with Crippen molar-refractivity contribution in [2.75, 3.05) is 6.54 Å². The first-order valence-corrected chi connectivity index (χ1v) is 6.77. The predicted octanol–water partition coefficient (Wildman–Crippen LogP) is 3.85. The highest BCUT2D eigenvalue weighted by Gasteiger charge is 2.11. The highest BCUT2D eigenvalue weighted by Crippen LogP contribution is 2.22. The van der Waals surface area contributed by atoms with Crippen LogP contribution in [-0.4, -0.2) is 18.2 Å². The molecule has 0 saturated carbocycles. The van der Waals surface area contributed by atoms with Gasteiger partial charge in [-0.3, -0.25) is 0 Å². The van der Waals surface area contributed by atoms with Crippen molar-refractivity contribution in [1.82, 2.24) is 5.32 Å². The Morgan fingerprint density at radius 1 is 1.22 bits per heavy atom. The summed E-state index contributed by atoms with van der Waals surface area (Å²) in [6, 6.07) is 6.22. The second-order valence-electron chi connectivity index (χ2n) is 6.09. The minimum Gasteiger partial charge on any atom is -0.490 e. The lowest BCUT2D eigenvalue weighted by Gasteiger charge is -2.23. The van der Waals surface area contributed by atoms with Crippen molar-refractivity contribution in [3.63, 3.8) is 0 Å². The van der Waals surface area contributed by atoms with Gasteiger partial charge in [0.05, 0.1) is 6.10 Å². The van der Waals surface area contributed by atoms with Crippen molar-refractivity contribution in [1.29, 1.82) is 0 Å². The van der Waals surface area contributed by atoms with Crippen LogP contribution in [-0.2, 0) is 0 Å². The maximum absolute atomic E-state index is 6.00. The van der Waals surface area contributed by atoms with Gasteiger partial charge in [-0.2, -0.15) is 0 Å². The van der Waals surface area contributed by atoms with Gasteiger partial charge in [-0.25, -0.2) is 0 Å². The zero-order valence-corrected chi connectivity index (χ0v) is 12.6. The predicted molar refractivity (Wildman–Crippen MR) is 78.4 cm³/mol. The fourth-order valence-corrected chi connectivity index (χ4v) is 1.78. The second-order valence-corrected chi connectivity index (χ2v) is 6.09. The monoisotopic (exact) mass is 249 g/mol. The van der Waals surface area contributed by atoms with E-state index in [9.17, 15) is 0 Å². The van der Waals surface area contributed by atoms with Crippen LogP contribution >= 0.6 is 0 Å². The zero-order chi connectivity index (χ0) is 13.8. The van der Waals surface area contributed by atoms with E-state index in [2.05, 4.69) is 65.1 Å². The molecule has 0 spiro atoms. The van der Waals surface area contributed by atoms with Gasteiger partial charge in [-0.05, 0) is 71.7 Å². The van der Waals surface area contributed by atoms with E-state index in [0.717, 1.165) is 18.7 Å². The van der Waals surface area contributed by atoms with Gasteiger partial charge in [0.1, 0.15) is 5.75 Å². The smallest absolute Gasteiger partial charge is 0.122 e. The van der Waals surface area contributed by atoms with E-state index in [4.69, 9.17) is 4.74 Å². The van der Waals surface area contributed by atoms with Gasteiger partial charge in [0.25, 0.3) is 0 Å². The first-order chi connectivity index (χ1) is 8.29. The van der Waals surface area contributed by atoms with Gasteiger partial charge < -0.3 is 10.1 Å². The molecule has 1 unspecified atom stereocenters. The minimum absolute atomic E-state index is 0.180. The topological polar surface area (TPSA) is 21.3 Å². The summed E-state index contributed by atoms with van der Waals surface area (Å²) in [6.45, 7) is 13.9. The fourth-order valence-electron chi connectivity index (χ4n) is 1.78. The number of hydrogen-bond acceptors (Lipinski definition) is 2. The molecular formula is C16H27NO. The van der Waals surface area contributed by atoms with E-state index in [-0.39, 0.29) is 11.6 Å². The summed E-state index contributed by atoms with van der Waals surface area (Å²) in [5.41, 5.74) is 2.71. The molecule has 0 amide bonds. The molecule has 2 nitrogen and oxygen atoms in total. The SMILES string of the molecule is Cc1cccc(OC(C)CCNC(C)(C)C)c1C. The Morgan fingerprint density at radius 3 is 2.50 bits per heavy atom. The molecule has 0 bridgehead atoms. The highest BCUT2D eigenvalue weighted by atomic mass is 16.5. The first-order valence-electron chi connectivity index (χ1n) is 6.77. The number of ether oxygens (including phenoxy) is 1. The lowest BCUT2D eigenvalue weighted by atomic mass is 10.1. The van der Waals surface area contributed by atoms with Crippen molar-refractivity contribution in [2.45, 2.75) is 59.6 Å². The number of aryl methyl sites for hydroxylation is 1. The number of hydrogen-bond donors (Lipinski definition) is 1. The van der Waals surface area contributed by atoms with Gasteiger partial charge in [-0.1, -0.05) is 12.1 Å². The fraction of sp³-hybridized carbons (Fsp3) is 0.625. The Kier molecular flexibility index (Phi) is 5.21. The molecule has 0 radical (unpaired) electrons. The van der Waals surface area contributed by atoms with Gasteiger partial charge in [0.15, 0.2) is 0 Å². The molecule has 102 valence electrons. The van der Waals surface area contributed by atoms with E-state index in [1.165, 1.54) is 11.1 Å². The quantitative estimate of drug-likeness (QED) is 0.856. The molecule has 1 aromatic rings. The summed E-state index contributed by atoms with van der Waals surface area (Å²) in [7, 11) is 0. The van der Waals surface area contributed by atoms with Crippen LogP contribution in [0.5, 0.6) is 5.75 Å². The van der Waals surface area contributed by atoms with Crippen LogP contribution in [0, 0.1) is 13.8 Å². The van der Waals surface area contributed by atoms with E-state index in [1.807, 2.05) is 0 Å². The van der Waals surface area contributed by atoms with E-state index >= 15 is 0 Å². The molecule has 18 heavy (non-hydrogen) atoms. The average Bonchev–Trinajstić information content (AvgIpc) is 2.23. The largest absolute Gasteiger partial charge is 0.490 e. The first kappa shape index (κ1) is 15.0. The molecule has 2 heteroatoms. The van der Waals surface area contributed by atoms with Crippen LogP contribution in [0.4, 0.5) is 0 Å². The Labute approximate surface area is 112 Å². The van der Waals surface area contributed by atoms with Gasteiger partial charge in [0.2, 0.25) is 0 Å². The van der Waals surface area contributed by atoms with Gasteiger partial charge in [-0.15, -0.1) is 0 Å². The maximum atomic E-state index is 6.00. The molecule has 0 saturated heterocycles. The third-order valence-corrected chi connectivity index (χ3v) is 3.09.